The molecule has 4 rings (SSSR count). The van der Waals surface area contributed by atoms with Gasteiger partial charge in [0.1, 0.15) is 18.5 Å². The van der Waals surface area contributed by atoms with Crippen LogP contribution < -0.4 is 10.2 Å². The highest BCUT2D eigenvalue weighted by atomic mass is 19.1. The molecule has 34 heavy (non-hydrogen) atoms. The van der Waals surface area contributed by atoms with Gasteiger partial charge >= 0.3 is 6.09 Å². The van der Waals surface area contributed by atoms with Crippen LogP contribution in [-0.4, -0.2) is 61.7 Å². The zero-order valence-electron chi connectivity index (χ0n) is 19.0. The first-order valence-electron chi connectivity index (χ1n) is 11.3. The first kappa shape index (κ1) is 23.7. The number of halogens is 1. The Balaban J connectivity index is 1.30. The average Bonchev–Trinajstić information content (AvgIpc) is 3.45. The molecule has 1 unspecified atom stereocenters. The number of ether oxygens (including phenoxy) is 2. The second-order valence-corrected chi connectivity index (χ2v) is 8.56. The summed E-state index contributed by atoms with van der Waals surface area (Å²) in [7, 11) is 0. The lowest BCUT2D eigenvalue weighted by Gasteiger charge is -2.18. The van der Waals surface area contributed by atoms with E-state index >= 15 is 0 Å². The van der Waals surface area contributed by atoms with Crippen LogP contribution in [0.2, 0.25) is 0 Å². The Morgan fingerprint density at radius 2 is 1.97 bits per heavy atom. The summed E-state index contributed by atoms with van der Waals surface area (Å²) in [5.41, 5.74) is 1.92. The molecule has 0 spiro atoms. The first-order valence-corrected chi connectivity index (χ1v) is 11.3. The smallest absolute Gasteiger partial charge is 0.414 e. The molecule has 0 radical (unpaired) electrons. The molecule has 2 aliphatic rings. The van der Waals surface area contributed by atoms with E-state index in [-0.39, 0.29) is 37.4 Å². The quantitative estimate of drug-likeness (QED) is 0.643. The largest absolute Gasteiger partial charge is 0.442 e. The van der Waals surface area contributed by atoms with E-state index in [1.807, 2.05) is 30.3 Å². The van der Waals surface area contributed by atoms with Crippen molar-refractivity contribution in [1.82, 2.24) is 10.2 Å². The van der Waals surface area contributed by atoms with Crippen molar-refractivity contribution in [3.8, 4) is 0 Å². The highest BCUT2D eigenvalue weighted by molar-refractivity contribution is 5.89. The monoisotopic (exact) mass is 469 g/mol. The second kappa shape index (κ2) is 10.6. The van der Waals surface area contributed by atoms with Crippen molar-refractivity contribution >= 4 is 23.6 Å². The number of likely N-dealkylation sites (tertiary alicyclic amines) is 1. The lowest BCUT2D eigenvalue weighted by molar-refractivity contribution is -0.135. The predicted octanol–water partition coefficient (Wildman–Crippen LogP) is 2.82. The van der Waals surface area contributed by atoms with Crippen molar-refractivity contribution in [3.63, 3.8) is 0 Å². The van der Waals surface area contributed by atoms with E-state index in [9.17, 15) is 18.8 Å². The Kier molecular flexibility index (Phi) is 7.42. The Morgan fingerprint density at radius 3 is 2.71 bits per heavy atom. The number of nitrogens with zero attached hydrogens (tertiary/aromatic N) is 2. The van der Waals surface area contributed by atoms with Crippen LogP contribution in [0.4, 0.5) is 14.9 Å². The van der Waals surface area contributed by atoms with Gasteiger partial charge in [0.2, 0.25) is 11.8 Å². The van der Waals surface area contributed by atoms with Crippen molar-refractivity contribution in [2.45, 2.75) is 32.0 Å². The van der Waals surface area contributed by atoms with Crippen molar-refractivity contribution in [2.24, 2.45) is 0 Å². The molecular formula is C25H28FN3O5. The number of cyclic esters (lactones) is 1. The third kappa shape index (κ3) is 5.72. The maximum absolute atomic E-state index is 15.0. The number of carbonyl (C=O) groups excluding carboxylic acids is 3. The number of anilines is 1. The lowest BCUT2D eigenvalue weighted by Crippen LogP contribution is -2.33. The number of rotatable bonds is 8. The first-order chi connectivity index (χ1) is 16.4. The molecule has 0 saturated carbocycles. The van der Waals surface area contributed by atoms with Gasteiger partial charge in [-0.3, -0.25) is 14.5 Å². The van der Waals surface area contributed by atoms with Crippen LogP contribution in [0.25, 0.3) is 0 Å². The second-order valence-electron chi connectivity index (χ2n) is 8.56. The summed E-state index contributed by atoms with van der Waals surface area (Å²) in [6, 6.07) is 14.3. The molecular weight excluding hydrogens is 441 g/mol. The van der Waals surface area contributed by atoms with Crippen molar-refractivity contribution in [3.05, 3.63) is 65.5 Å². The number of hydrogen-bond donors (Lipinski definition) is 1. The van der Waals surface area contributed by atoms with Crippen LogP contribution in [0.1, 0.15) is 30.4 Å². The molecule has 2 saturated heterocycles. The van der Waals surface area contributed by atoms with Gasteiger partial charge in [-0.25, -0.2) is 9.18 Å². The minimum Gasteiger partial charge on any atom is -0.442 e. The molecule has 2 aromatic carbocycles. The SMILES string of the molecule is CC(=O)NC[C@H]1CN(c2ccc(C3CCN(C(=O)COCc4ccccc4)C3)c(F)c2)C(=O)O1. The van der Waals surface area contributed by atoms with Gasteiger partial charge < -0.3 is 19.7 Å². The molecule has 0 aliphatic carbocycles. The normalized spacial score (nSPS) is 19.9. The van der Waals surface area contributed by atoms with E-state index in [1.54, 1.807) is 17.0 Å². The molecule has 1 N–H and O–H groups in total. The zero-order valence-corrected chi connectivity index (χ0v) is 19.0. The van der Waals surface area contributed by atoms with E-state index < -0.39 is 18.0 Å². The molecule has 3 amide bonds. The highest BCUT2D eigenvalue weighted by Gasteiger charge is 2.34. The van der Waals surface area contributed by atoms with Crippen LogP contribution in [-0.2, 0) is 25.7 Å². The van der Waals surface area contributed by atoms with Gasteiger partial charge in [-0.15, -0.1) is 0 Å². The third-order valence-corrected chi connectivity index (χ3v) is 6.07. The summed E-state index contributed by atoms with van der Waals surface area (Å²) >= 11 is 0. The van der Waals surface area contributed by atoms with E-state index in [1.165, 1.54) is 17.9 Å². The van der Waals surface area contributed by atoms with Crippen LogP contribution in [0.5, 0.6) is 0 Å². The van der Waals surface area contributed by atoms with Crippen molar-refractivity contribution in [1.29, 1.82) is 0 Å². The van der Waals surface area contributed by atoms with E-state index in [4.69, 9.17) is 9.47 Å². The number of benzene rings is 2. The summed E-state index contributed by atoms with van der Waals surface area (Å²) in [4.78, 5) is 38.8. The number of nitrogens with one attached hydrogen (secondary N) is 1. The summed E-state index contributed by atoms with van der Waals surface area (Å²) in [6.45, 7) is 3.14. The number of carbonyl (C=O) groups is 3. The standard InChI is InChI=1S/C25H28FN3O5/c1-17(30)27-12-21-14-29(25(32)34-21)20-7-8-22(23(26)11-20)19-9-10-28(13-19)24(31)16-33-15-18-5-3-2-4-6-18/h2-8,11,19,21H,9-10,12-16H2,1H3,(H,27,30)/t19?,21-/m0/s1. The minimum atomic E-state index is -0.573. The number of amides is 3. The zero-order chi connectivity index (χ0) is 24.1. The molecule has 0 aromatic heterocycles. The van der Waals surface area contributed by atoms with Crippen molar-refractivity contribution in [2.75, 3.05) is 37.7 Å². The van der Waals surface area contributed by atoms with E-state index in [0.29, 0.717) is 37.4 Å². The third-order valence-electron chi connectivity index (χ3n) is 6.07. The van der Waals surface area contributed by atoms with Crippen LogP contribution in [0.3, 0.4) is 0 Å². The molecule has 2 fully saturated rings. The molecule has 8 nitrogen and oxygen atoms in total. The molecule has 2 aromatic rings. The lowest BCUT2D eigenvalue weighted by atomic mass is 9.97. The minimum absolute atomic E-state index is 0.0141. The van der Waals surface area contributed by atoms with Gasteiger partial charge in [-0.1, -0.05) is 36.4 Å². The summed E-state index contributed by atoms with van der Waals surface area (Å²) < 4.78 is 25.8. The van der Waals surface area contributed by atoms with E-state index in [0.717, 1.165) is 5.56 Å². The molecule has 0 bridgehead atoms. The molecule has 180 valence electrons. The van der Waals surface area contributed by atoms with Gasteiger partial charge in [0.05, 0.1) is 25.4 Å². The van der Waals surface area contributed by atoms with E-state index in [2.05, 4.69) is 5.32 Å². The maximum Gasteiger partial charge on any atom is 0.414 e. The summed E-state index contributed by atoms with van der Waals surface area (Å²) in [5, 5.41) is 2.61. The van der Waals surface area contributed by atoms with Gasteiger partial charge in [-0.05, 0) is 29.7 Å². The fraction of sp³-hybridized carbons (Fsp3) is 0.400. The topological polar surface area (TPSA) is 88.2 Å². The molecule has 2 aliphatic heterocycles. The van der Waals surface area contributed by atoms with Crippen LogP contribution >= 0.6 is 0 Å². The van der Waals surface area contributed by atoms with Crippen LogP contribution in [0, 0.1) is 5.82 Å². The highest BCUT2D eigenvalue weighted by Crippen LogP contribution is 2.32. The molecule has 2 atom stereocenters. The number of hydrogen-bond acceptors (Lipinski definition) is 5. The average molecular weight is 470 g/mol. The summed E-state index contributed by atoms with van der Waals surface area (Å²) in [5.74, 6) is -0.863. The summed E-state index contributed by atoms with van der Waals surface area (Å²) in [6.07, 6.45) is -0.404. The fourth-order valence-corrected chi connectivity index (χ4v) is 4.27. The van der Waals surface area contributed by atoms with Gasteiger partial charge in [0.15, 0.2) is 0 Å². The Morgan fingerprint density at radius 1 is 1.18 bits per heavy atom. The van der Waals surface area contributed by atoms with Gasteiger partial charge in [0.25, 0.3) is 0 Å². The Labute approximate surface area is 197 Å². The van der Waals surface area contributed by atoms with Crippen molar-refractivity contribution < 1.29 is 28.2 Å². The Bertz CT molecular complexity index is 1050. The molecule has 2 heterocycles. The Hall–Kier alpha value is -3.46. The van der Waals surface area contributed by atoms with Gasteiger partial charge in [0, 0.05) is 25.9 Å². The predicted molar refractivity (Wildman–Crippen MR) is 123 cm³/mol. The van der Waals surface area contributed by atoms with Gasteiger partial charge in [-0.2, -0.15) is 0 Å². The molecule has 9 heteroatoms. The fourth-order valence-electron chi connectivity index (χ4n) is 4.27. The maximum atomic E-state index is 15.0. The van der Waals surface area contributed by atoms with Crippen LogP contribution in [0.15, 0.2) is 48.5 Å².